The van der Waals surface area contributed by atoms with Crippen LogP contribution in [0.4, 0.5) is 13.2 Å². The fourth-order valence-electron chi connectivity index (χ4n) is 1.59. The van der Waals surface area contributed by atoms with Gasteiger partial charge < -0.3 is 9.40 Å². The summed E-state index contributed by atoms with van der Waals surface area (Å²) >= 11 is 0. The van der Waals surface area contributed by atoms with Crippen LogP contribution in [0.25, 0.3) is 22.1 Å². The minimum atomic E-state index is -4.53. The summed E-state index contributed by atoms with van der Waals surface area (Å²) < 4.78 is 41.9. The van der Waals surface area contributed by atoms with Gasteiger partial charge in [0, 0.05) is 6.07 Å². The molecule has 0 aliphatic rings. The summed E-state index contributed by atoms with van der Waals surface area (Å²) in [5.41, 5.74) is 0.761. The number of hydrogen-bond acceptors (Lipinski definition) is 3. The molecule has 0 fully saturated rings. The number of halogens is 3. The number of H-pyrrole nitrogens is 2. The van der Waals surface area contributed by atoms with Crippen LogP contribution in [0.1, 0.15) is 5.82 Å². The monoisotopic (exact) mass is 243 g/mol. The van der Waals surface area contributed by atoms with E-state index < -0.39 is 17.8 Å². The Hall–Kier alpha value is -2.25. The summed E-state index contributed by atoms with van der Waals surface area (Å²) in [6.07, 6.45) is -4.53. The lowest BCUT2D eigenvalue weighted by Crippen LogP contribution is -2.06. The lowest BCUT2D eigenvalue weighted by molar-refractivity contribution is -0.144. The number of oxazole rings is 1. The molecule has 0 bridgehead atoms. The van der Waals surface area contributed by atoms with Crippen LogP contribution in [0.15, 0.2) is 21.3 Å². The van der Waals surface area contributed by atoms with Gasteiger partial charge in [-0.3, -0.25) is 4.98 Å². The first-order valence-electron chi connectivity index (χ1n) is 4.53. The van der Waals surface area contributed by atoms with E-state index in [4.69, 9.17) is 4.42 Å². The molecule has 3 rings (SSSR count). The van der Waals surface area contributed by atoms with Gasteiger partial charge in [0.05, 0.1) is 16.6 Å². The molecule has 0 aliphatic carbocycles. The quantitative estimate of drug-likeness (QED) is 0.634. The van der Waals surface area contributed by atoms with Crippen molar-refractivity contribution in [3.63, 3.8) is 0 Å². The van der Waals surface area contributed by atoms with Crippen molar-refractivity contribution in [2.45, 2.75) is 6.18 Å². The van der Waals surface area contributed by atoms with Crippen LogP contribution in [-0.4, -0.2) is 15.0 Å². The smallest absolute Gasteiger partial charge is 0.408 e. The Morgan fingerprint density at radius 1 is 1.18 bits per heavy atom. The third kappa shape index (κ3) is 1.49. The van der Waals surface area contributed by atoms with Gasteiger partial charge in [0.2, 0.25) is 5.82 Å². The maximum atomic E-state index is 12.4. The van der Waals surface area contributed by atoms with E-state index in [0.717, 1.165) is 0 Å². The molecule has 8 heteroatoms. The minimum absolute atomic E-state index is 0.0903. The Labute approximate surface area is 90.3 Å². The normalized spacial score (nSPS) is 12.6. The van der Waals surface area contributed by atoms with Gasteiger partial charge in [-0.15, -0.1) is 0 Å². The van der Waals surface area contributed by atoms with Gasteiger partial charge in [0.1, 0.15) is 0 Å². The molecule has 0 atom stereocenters. The van der Waals surface area contributed by atoms with Gasteiger partial charge in [-0.25, -0.2) is 9.78 Å². The minimum Gasteiger partial charge on any atom is -0.408 e. The summed E-state index contributed by atoms with van der Waals surface area (Å²) in [5.74, 6) is -1.74. The van der Waals surface area contributed by atoms with E-state index in [2.05, 4.69) is 15.0 Å². The van der Waals surface area contributed by atoms with Crippen LogP contribution in [0.3, 0.4) is 0 Å². The number of benzene rings is 1. The molecule has 17 heavy (non-hydrogen) atoms. The third-order valence-electron chi connectivity index (χ3n) is 2.29. The molecule has 0 amide bonds. The van der Waals surface area contributed by atoms with Crippen molar-refractivity contribution in [1.29, 1.82) is 0 Å². The van der Waals surface area contributed by atoms with E-state index in [1.807, 2.05) is 0 Å². The zero-order valence-corrected chi connectivity index (χ0v) is 8.05. The number of rotatable bonds is 0. The predicted octanol–water partition coefficient (Wildman–Crippen LogP) is 2.02. The van der Waals surface area contributed by atoms with E-state index in [-0.39, 0.29) is 16.6 Å². The van der Waals surface area contributed by atoms with Crippen molar-refractivity contribution in [2.24, 2.45) is 0 Å². The number of hydrogen-bond donors (Lipinski definition) is 2. The summed E-state index contributed by atoms with van der Waals surface area (Å²) in [6.45, 7) is 0. The number of alkyl halides is 3. The first kappa shape index (κ1) is 9.94. The highest BCUT2D eigenvalue weighted by Gasteiger charge is 2.34. The van der Waals surface area contributed by atoms with Crippen molar-refractivity contribution in [1.82, 2.24) is 15.0 Å². The molecule has 2 aromatic heterocycles. The maximum Gasteiger partial charge on any atom is 0.449 e. The first-order valence-corrected chi connectivity index (χ1v) is 4.53. The molecule has 2 N–H and O–H groups in total. The summed E-state index contributed by atoms with van der Waals surface area (Å²) in [5, 5.41) is 0. The number of aromatic amines is 2. The molecule has 0 aliphatic heterocycles. The Kier molecular flexibility index (Phi) is 1.70. The van der Waals surface area contributed by atoms with Gasteiger partial charge in [0.15, 0.2) is 5.58 Å². The second-order valence-electron chi connectivity index (χ2n) is 3.46. The maximum absolute atomic E-state index is 12.4. The molecule has 0 unspecified atom stereocenters. The number of imidazole rings is 1. The second-order valence-corrected chi connectivity index (χ2v) is 3.46. The van der Waals surface area contributed by atoms with Crippen LogP contribution in [0.2, 0.25) is 0 Å². The Morgan fingerprint density at radius 3 is 2.65 bits per heavy atom. The van der Waals surface area contributed by atoms with Gasteiger partial charge in [-0.1, -0.05) is 0 Å². The Balaban J connectivity index is 2.33. The topological polar surface area (TPSA) is 74.7 Å². The summed E-state index contributed by atoms with van der Waals surface area (Å²) in [7, 11) is 0. The number of fused-ring (bicyclic) bond motifs is 2. The Morgan fingerprint density at radius 2 is 1.94 bits per heavy atom. The van der Waals surface area contributed by atoms with Gasteiger partial charge >= 0.3 is 11.9 Å². The zero-order valence-electron chi connectivity index (χ0n) is 8.05. The largest absolute Gasteiger partial charge is 0.449 e. The van der Waals surface area contributed by atoms with E-state index in [1.165, 1.54) is 12.1 Å². The van der Waals surface area contributed by atoms with E-state index in [0.29, 0.717) is 5.52 Å². The molecule has 0 saturated heterocycles. The molecule has 0 radical (unpaired) electrons. The number of nitrogens with one attached hydrogen (secondary N) is 2. The predicted molar refractivity (Wildman–Crippen MR) is 51.5 cm³/mol. The average molecular weight is 243 g/mol. The molecule has 0 saturated carbocycles. The fraction of sp³-hybridized carbons (Fsp3) is 0.111. The third-order valence-corrected chi connectivity index (χ3v) is 2.29. The van der Waals surface area contributed by atoms with Crippen LogP contribution < -0.4 is 5.76 Å². The average Bonchev–Trinajstić information content (AvgIpc) is 2.73. The van der Waals surface area contributed by atoms with Crippen molar-refractivity contribution < 1.29 is 17.6 Å². The standard InChI is InChI=1S/C9H4F3N3O2/c10-9(11,12)7-13-3-1-5-6(2-4(3)14-7)17-8(16)15-5/h1-2H,(H,13,14)(H,15,16). The molecule has 1 aromatic carbocycles. The molecule has 5 nitrogen and oxygen atoms in total. The van der Waals surface area contributed by atoms with Crippen molar-refractivity contribution in [2.75, 3.05) is 0 Å². The highest BCUT2D eigenvalue weighted by atomic mass is 19.4. The molecule has 2 heterocycles. The van der Waals surface area contributed by atoms with Crippen molar-refractivity contribution in [3.8, 4) is 0 Å². The lowest BCUT2D eigenvalue weighted by atomic mass is 10.3. The van der Waals surface area contributed by atoms with E-state index in [1.54, 1.807) is 0 Å². The lowest BCUT2D eigenvalue weighted by Gasteiger charge is -1.98. The number of nitrogens with zero attached hydrogens (tertiary/aromatic N) is 1. The summed E-state index contributed by atoms with van der Waals surface area (Å²) in [6, 6.07) is 2.62. The highest BCUT2D eigenvalue weighted by molar-refractivity contribution is 5.90. The Bertz CT molecular complexity index is 711. The zero-order chi connectivity index (χ0) is 12.2. The van der Waals surface area contributed by atoms with Crippen molar-refractivity contribution in [3.05, 3.63) is 28.5 Å². The highest BCUT2D eigenvalue weighted by Crippen LogP contribution is 2.29. The van der Waals surface area contributed by atoms with Gasteiger partial charge in [-0.05, 0) is 6.07 Å². The molecule has 0 spiro atoms. The van der Waals surface area contributed by atoms with Crippen molar-refractivity contribution >= 4 is 22.1 Å². The van der Waals surface area contributed by atoms with Gasteiger partial charge in [0.25, 0.3) is 0 Å². The summed E-state index contributed by atoms with van der Waals surface area (Å²) in [4.78, 5) is 18.8. The SMILES string of the molecule is O=c1[nH]c2cc3[nH]c(C(F)(F)F)nc3cc2o1. The van der Waals surface area contributed by atoms with Gasteiger partial charge in [-0.2, -0.15) is 13.2 Å². The molecule has 88 valence electrons. The molecular formula is C9H4F3N3O2. The van der Waals surface area contributed by atoms with Crippen LogP contribution in [0, 0.1) is 0 Å². The van der Waals surface area contributed by atoms with E-state index >= 15 is 0 Å². The van der Waals surface area contributed by atoms with Crippen LogP contribution >= 0.6 is 0 Å². The first-order chi connectivity index (χ1) is 7.93. The van der Waals surface area contributed by atoms with Crippen LogP contribution in [0.5, 0.6) is 0 Å². The fourth-order valence-corrected chi connectivity index (χ4v) is 1.59. The second kappa shape index (κ2) is 2.90. The molecule has 3 aromatic rings. The van der Waals surface area contributed by atoms with Crippen LogP contribution in [-0.2, 0) is 6.18 Å². The number of aromatic nitrogens is 3. The molecular weight excluding hydrogens is 239 g/mol. The van der Waals surface area contributed by atoms with E-state index in [9.17, 15) is 18.0 Å².